The van der Waals surface area contributed by atoms with Crippen molar-refractivity contribution >= 4 is 17.5 Å². The predicted octanol–water partition coefficient (Wildman–Crippen LogP) is 0.293. The van der Waals surface area contributed by atoms with Gasteiger partial charge in [-0.15, -0.1) is 11.6 Å². The Kier molecular flexibility index (Phi) is 3.79. The van der Waals surface area contributed by atoms with E-state index in [-0.39, 0.29) is 11.8 Å². The van der Waals surface area contributed by atoms with Gasteiger partial charge in [0.25, 0.3) is 0 Å². The zero-order valence-corrected chi connectivity index (χ0v) is 9.78. The molecule has 1 aliphatic heterocycles. The van der Waals surface area contributed by atoms with Gasteiger partial charge >= 0.3 is 0 Å². The molecule has 0 unspecified atom stereocenters. The van der Waals surface area contributed by atoms with Crippen molar-refractivity contribution < 1.29 is 4.79 Å². The second kappa shape index (κ2) is 5.32. The molecule has 0 aromatic carbocycles. The summed E-state index contributed by atoms with van der Waals surface area (Å²) in [5.41, 5.74) is 1.11. The second-order valence-corrected chi connectivity index (χ2v) is 4.13. The molecule has 0 bridgehead atoms. The third kappa shape index (κ3) is 2.74. The fraction of sp³-hybridized carbons (Fsp3) is 0.600. The van der Waals surface area contributed by atoms with Crippen LogP contribution in [0.5, 0.6) is 0 Å². The van der Waals surface area contributed by atoms with Gasteiger partial charge in [-0.2, -0.15) is 0 Å². The van der Waals surface area contributed by atoms with E-state index in [2.05, 4.69) is 14.9 Å². The first-order chi connectivity index (χ1) is 7.79. The number of nitrogens with zero attached hydrogens (tertiary/aromatic N) is 3. The van der Waals surface area contributed by atoms with Crippen molar-refractivity contribution in [1.29, 1.82) is 0 Å². The van der Waals surface area contributed by atoms with E-state index in [0.717, 1.165) is 38.4 Å². The first kappa shape index (κ1) is 11.4. The largest absolute Gasteiger partial charge is 0.347 e. The highest BCUT2D eigenvalue weighted by molar-refractivity contribution is 6.27. The third-order valence-corrected chi connectivity index (χ3v) is 3.02. The van der Waals surface area contributed by atoms with Crippen molar-refractivity contribution in [3.8, 4) is 0 Å². The van der Waals surface area contributed by atoms with Gasteiger partial charge in [0.05, 0.1) is 6.33 Å². The Labute approximate surface area is 99.4 Å². The number of alkyl halides is 1. The van der Waals surface area contributed by atoms with E-state index < -0.39 is 0 Å². The monoisotopic (exact) mass is 242 g/mol. The van der Waals surface area contributed by atoms with E-state index >= 15 is 0 Å². The van der Waals surface area contributed by atoms with Gasteiger partial charge < -0.3 is 9.88 Å². The molecule has 5 nitrogen and oxygen atoms in total. The van der Waals surface area contributed by atoms with Gasteiger partial charge in [-0.05, 0) is 0 Å². The molecular weight excluding hydrogens is 228 g/mol. The maximum absolute atomic E-state index is 11.3. The van der Waals surface area contributed by atoms with Crippen LogP contribution in [0, 0.1) is 0 Å². The number of imidazole rings is 1. The highest BCUT2D eigenvalue weighted by Crippen LogP contribution is 2.06. The van der Waals surface area contributed by atoms with Gasteiger partial charge in [0, 0.05) is 44.6 Å². The van der Waals surface area contributed by atoms with Crippen molar-refractivity contribution in [2.24, 2.45) is 0 Å². The maximum Gasteiger partial charge on any atom is 0.237 e. The molecule has 1 aromatic rings. The van der Waals surface area contributed by atoms with Gasteiger partial charge in [0.15, 0.2) is 0 Å². The van der Waals surface area contributed by atoms with Gasteiger partial charge in [-0.25, -0.2) is 4.98 Å². The lowest BCUT2D eigenvalue weighted by atomic mass is 10.3. The number of carbonyl (C=O) groups excluding carboxylic acids is 1. The number of aromatic amines is 1. The van der Waals surface area contributed by atoms with Gasteiger partial charge in [0.2, 0.25) is 5.91 Å². The Bertz CT molecular complexity index is 333. The number of rotatable bonds is 3. The lowest BCUT2D eigenvalue weighted by Gasteiger charge is -2.34. The topological polar surface area (TPSA) is 52.2 Å². The smallest absolute Gasteiger partial charge is 0.237 e. The van der Waals surface area contributed by atoms with Crippen molar-refractivity contribution in [2.45, 2.75) is 6.54 Å². The van der Waals surface area contributed by atoms with E-state index in [1.54, 1.807) is 6.33 Å². The normalized spacial score (nSPS) is 17.7. The van der Waals surface area contributed by atoms with Crippen LogP contribution in [0.1, 0.15) is 5.69 Å². The van der Waals surface area contributed by atoms with Crippen LogP contribution in [0.25, 0.3) is 0 Å². The SMILES string of the molecule is O=C(CCl)N1CCN(Cc2cnc[nH]2)CC1. The van der Waals surface area contributed by atoms with Gasteiger partial charge in [0.1, 0.15) is 5.88 Å². The van der Waals surface area contributed by atoms with Crippen LogP contribution in [0.4, 0.5) is 0 Å². The molecule has 16 heavy (non-hydrogen) atoms. The van der Waals surface area contributed by atoms with Crippen LogP contribution in [0.3, 0.4) is 0 Å². The molecule has 0 aliphatic carbocycles. The number of carbonyl (C=O) groups is 1. The number of hydrogen-bond acceptors (Lipinski definition) is 3. The zero-order chi connectivity index (χ0) is 11.4. The van der Waals surface area contributed by atoms with Crippen molar-refractivity contribution in [1.82, 2.24) is 19.8 Å². The number of amides is 1. The standard InChI is InChI=1S/C10H15ClN4O/c11-5-10(16)15-3-1-14(2-4-15)7-9-6-12-8-13-9/h6,8H,1-5,7H2,(H,12,13). The summed E-state index contributed by atoms with van der Waals surface area (Å²) in [6.07, 6.45) is 3.51. The molecule has 0 spiro atoms. The van der Waals surface area contributed by atoms with Crippen molar-refractivity contribution in [3.05, 3.63) is 18.2 Å². The first-order valence-electron chi connectivity index (χ1n) is 5.33. The average molecular weight is 243 g/mol. The number of hydrogen-bond donors (Lipinski definition) is 1. The van der Waals surface area contributed by atoms with Crippen molar-refractivity contribution in [2.75, 3.05) is 32.1 Å². The number of nitrogens with one attached hydrogen (secondary N) is 1. The summed E-state index contributed by atoms with van der Waals surface area (Å²) in [5.74, 6) is 0.114. The van der Waals surface area contributed by atoms with Gasteiger partial charge in [-0.1, -0.05) is 0 Å². The number of piperazine rings is 1. The predicted molar refractivity (Wildman–Crippen MR) is 61.2 cm³/mol. The van der Waals surface area contributed by atoms with Crippen LogP contribution in [-0.4, -0.2) is 57.7 Å². The summed E-state index contributed by atoms with van der Waals surface area (Å²) < 4.78 is 0. The number of aromatic nitrogens is 2. The molecule has 1 aromatic heterocycles. The molecule has 0 radical (unpaired) electrons. The number of H-pyrrole nitrogens is 1. The minimum absolute atomic E-state index is 0.0304. The molecule has 1 fully saturated rings. The Morgan fingerprint density at radius 3 is 2.75 bits per heavy atom. The molecule has 2 rings (SSSR count). The van der Waals surface area contributed by atoms with E-state index in [1.165, 1.54) is 0 Å². The third-order valence-electron chi connectivity index (χ3n) is 2.79. The van der Waals surface area contributed by atoms with E-state index in [4.69, 9.17) is 11.6 Å². The average Bonchev–Trinajstić information content (AvgIpc) is 2.82. The molecule has 2 heterocycles. The summed E-state index contributed by atoms with van der Waals surface area (Å²) in [5, 5.41) is 0. The Hall–Kier alpha value is -1.07. The summed E-state index contributed by atoms with van der Waals surface area (Å²) in [7, 11) is 0. The fourth-order valence-electron chi connectivity index (χ4n) is 1.85. The summed E-state index contributed by atoms with van der Waals surface area (Å²) in [6.45, 7) is 4.17. The fourth-order valence-corrected chi connectivity index (χ4v) is 2.02. The highest BCUT2D eigenvalue weighted by atomic mass is 35.5. The van der Waals surface area contributed by atoms with E-state index in [9.17, 15) is 4.79 Å². The van der Waals surface area contributed by atoms with E-state index in [0.29, 0.717) is 0 Å². The molecule has 1 saturated heterocycles. The quantitative estimate of drug-likeness (QED) is 0.776. The second-order valence-electron chi connectivity index (χ2n) is 3.87. The van der Waals surface area contributed by atoms with Crippen LogP contribution in [-0.2, 0) is 11.3 Å². The summed E-state index contributed by atoms with van der Waals surface area (Å²) in [4.78, 5) is 22.5. The van der Waals surface area contributed by atoms with Crippen LogP contribution in [0.2, 0.25) is 0 Å². The molecule has 1 N–H and O–H groups in total. The van der Waals surface area contributed by atoms with Crippen LogP contribution < -0.4 is 0 Å². The molecule has 0 saturated carbocycles. The minimum Gasteiger partial charge on any atom is -0.347 e. The first-order valence-corrected chi connectivity index (χ1v) is 5.86. The van der Waals surface area contributed by atoms with Gasteiger partial charge in [-0.3, -0.25) is 9.69 Å². The molecule has 1 amide bonds. The zero-order valence-electron chi connectivity index (χ0n) is 9.03. The van der Waals surface area contributed by atoms with Crippen molar-refractivity contribution in [3.63, 3.8) is 0 Å². The maximum atomic E-state index is 11.3. The lowest BCUT2D eigenvalue weighted by molar-refractivity contribution is -0.130. The summed E-state index contributed by atoms with van der Waals surface area (Å²) in [6, 6.07) is 0. The molecule has 88 valence electrons. The minimum atomic E-state index is 0.0304. The Morgan fingerprint density at radius 1 is 1.44 bits per heavy atom. The van der Waals surface area contributed by atoms with Crippen LogP contribution >= 0.6 is 11.6 Å². The Morgan fingerprint density at radius 2 is 2.19 bits per heavy atom. The molecule has 1 aliphatic rings. The number of halogens is 1. The molecule has 0 atom stereocenters. The van der Waals surface area contributed by atoms with E-state index in [1.807, 2.05) is 11.1 Å². The van der Waals surface area contributed by atoms with Crippen LogP contribution in [0.15, 0.2) is 12.5 Å². The molecular formula is C10H15ClN4O. The highest BCUT2D eigenvalue weighted by Gasteiger charge is 2.20. The Balaban J connectivity index is 1.79. The molecule has 6 heteroatoms. The summed E-state index contributed by atoms with van der Waals surface area (Å²) >= 11 is 5.52. The lowest BCUT2D eigenvalue weighted by Crippen LogP contribution is -2.48.